The topological polar surface area (TPSA) is 66.6 Å². The van der Waals surface area contributed by atoms with E-state index < -0.39 is 0 Å². The van der Waals surface area contributed by atoms with Gasteiger partial charge in [-0.15, -0.1) is 0 Å². The third-order valence-corrected chi connectivity index (χ3v) is 3.19. The Morgan fingerprint density at radius 2 is 2.31 bits per heavy atom. The second-order valence-corrected chi connectivity index (χ2v) is 4.88. The molecule has 5 heteroatoms. The molecule has 86 valence electrons. The predicted molar refractivity (Wildman–Crippen MR) is 64.3 cm³/mol. The van der Waals surface area contributed by atoms with Gasteiger partial charge in [0.2, 0.25) is 0 Å². The van der Waals surface area contributed by atoms with E-state index in [1.165, 1.54) is 6.07 Å². The molecule has 1 aliphatic rings. The number of phenols is 1. The quantitative estimate of drug-likeness (QED) is 0.818. The lowest BCUT2D eigenvalue weighted by Crippen LogP contribution is -2.31. The summed E-state index contributed by atoms with van der Waals surface area (Å²) in [6.07, 6.45) is 0.820. The third kappa shape index (κ3) is 2.20. The van der Waals surface area contributed by atoms with Gasteiger partial charge in [0.1, 0.15) is 5.75 Å². The number of amides is 1. The Kier molecular flexibility index (Phi) is 3.16. The van der Waals surface area contributed by atoms with Crippen LogP contribution in [0.15, 0.2) is 22.7 Å². The van der Waals surface area contributed by atoms with Gasteiger partial charge in [0, 0.05) is 23.6 Å². The molecule has 1 heterocycles. The van der Waals surface area contributed by atoms with Crippen molar-refractivity contribution < 1.29 is 9.90 Å². The minimum absolute atomic E-state index is 0.00803. The lowest BCUT2D eigenvalue weighted by atomic mass is 10.2. The highest BCUT2D eigenvalue weighted by atomic mass is 79.9. The Labute approximate surface area is 102 Å². The molecule has 1 amide bonds. The number of halogens is 1. The number of aromatic hydroxyl groups is 1. The molecule has 1 aromatic rings. The molecule has 1 aromatic carbocycles. The van der Waals surface area contributed by atoms with Gasteiger partial charge in [-0.1, -0.05) is 15.9 Å². The zero-order valence-electron chi connectivity index (χ0n) is 8.69. The Hall–Kier alpha value is -1.07. The summed E-state index contributed by atoms with van der Waals surface area (Å²) in [5.41, 5.74) is 6.07. The highest BCUT2D eigenvalue weighted by Crippen LogP contribution is 2.24. The maximum Gasteiger partial charge on any atom is 0.257 e. The summed E-state index contributed by atoms with van der Waals surface area (Å²) in [6.45, 7) is 1.22. The van der Waals surface area contributed by atoms with Crippen LogP contribution in [0.4, 0.5) is 0 Å². The van der Waals surface area contributed by atoms with Crippen LogP contribution < -0.4 is 5.73 Å². The molecular weight excluding hydrogens is 272 g/mol. The number of benzene rings is 1. The van der Waals surface area contributed by atoms with Crippen molar-refractivity contribution >= 4 is 21.8 Å². The standard InChI is InChI=1S/C11H13BrN2O2/c12-7-1-2-10(15)9(5-7)11(16)14-4-3-8(13)6-14/h1-2,5,8,15H,3-4,6,13H2/t8-/m0/s1. The van der Waals surface area contributed by atoms with E-state index in [1.54, 1.807) is 17.0 Å². The van der Waals surface area contributed by atoms with Crippen molar-refractivity contribution in [1.82, 2.24) is 4.90 Å². The molecular formula is C11H13BrN2O2. The first-order valence-corrected chi connectivity index (χ1v) is 5.90. The molecule has 0 unspecified atom stereocenters. The molecule has 16 heavy (non-hydrogen) atoms. The Bertz CT molecular complexity index is 422. The molecule has 0 spiro atoms. The first-order chi connectivity index (χ1) is 7.58. The van der Waals surface area contributed by atoms with E-state index in [4.69, 9.17) is 5.73 Å². The van der Waals surface area contributed by atoms with Crippen molar-refractivity contribution in [1.29, 1.82) is 0 Å². The van der Waals surface area contributed by atoms with Crippen molar-refractivity contribution in [2.24, 2.45) is 5.73 Å². The van der Waals surface area contributed by atoms with Crippen LogP contribution in [-0.4, -0.2) is 35.0 Å². The number of nitrogens with zero attached hydrogens (tertiary/aromatic N) is 1. The lowest BCUT2D eigenvalue weighted by Gasteiger charge is -2.16. The maximum atomic E-state index is 12.1. The molecule has 1 atom stereocenters. The fraction of sp³-hybridized carbons (Fsp3) is 0.364. The van der Waals surface area contributed by atoms with E-state index in [0.717, 1.165) is 10.9 Å². The third-order valence-electron chi connectivity index (χ3n) is 2.70. The van der Waals surface area contributed by atoms with Crippen LogP contribution in [0.25, 0.3) is 0 Å². The molecule has 0 bridgehead atoms. The van der Waals surface area contributed by atoms with E-state index in [2.05, 4.69) is 15.9 Å². The van der Waals surface area contributed by atoms with E-state index >= 15 is 0 Å². The lowest BCUT2D eigenvalue weighted by molar-refractivity contribution is 0.0788. The summed E-state index contributed by atoms with van der Waals surface area (Å²) in [6, 6.07) is 4.88. The second-order valence-electron chi connectivity index (χ2n) is 3.96. The zero-order valence-corrected chi connectivity index (χ0v) is 10.3. The van der Waals surface area contributed by atoms with Crippen molar-refractivity contribution in [2.45, 2.75) is 12.5 Å². The van der Waals surface area contributed by atoms with E-state index in [9.17, 15) is 9.90 Å². The normalized spacial score (nSPS) is 20.1. The largest absolute Gasteiger partial charge is 0.507 e. The average Bonchev–Trinajstić information content (AvgIpc) is 2.67. The van der Waals surface area contributed by atoms with Gasteiger partial charge in [0.05, 0.1) is 5.56 Å². The van der Waals surface area contributed by atoms with Gasteiger partial charge in [-0.05, 0) is 24.6 Å². The van der Waals surface area contributed by atoms with Crippen molar-refractivity contribution in [3.05, 3.63) is 28.2 Å². The van der Waals surface area contributed by atoms with E-state index in [0.29, 0.717) is 18.7 Å². The zero-order chi connectivity index (χ0) is 11.7. The SMILES string of the molecule is N[C@H]1CCN(C(=O)c2cc(Br)ccc2O)C1. The molecule has 0 radical (unpaired) electrons. The van der Waals surface area contributed by atoms with Crippen molar-refractivity contribution in [3.8, 4) is 5.75 Å². The molecule has 1 aliphatic heterocycles. The monoisotopic (exact) mass is 284 g/mol. The summed E-state index contributed by atoms with van der Waals surface area (Å²) >= 11 is 3.28. The van der Waals surface area contributed by atoms with Crippen LogP contribution in [-0.2, 0) is 0 Å². The Morgan fingerprint density at radius 3 is 2.94 bits per heavy atom. The highest BCUT2D eigenvalue weighted by molar-refractivity contribution is 9.10. The van der Waals surface area contributed by atoms with Crippen molar-refractivity contribution in [2.75, 3.05) is 13.1 Å². The Morgan fingerprint density at radius 1 is 1.56 bits per heavy atom. The number of rotatable bonds is 1. The minimum Gasteiger partial charge on any atom is -0.507 e. The number of hydrogen-bond donors (Lipinski definition) is 2. The summed E-state index contributed by atoms with van der Waals surface area (Å²) in [5, 5.41) is 9.63. The van der Waals surface area contributed by atoms with Gasteiger partial charge < -0.3 is 15.7 Å². The fourth-order valence-corrected chi connectivity index (χ4v) is 2.18. The fourth-order valence-electron chi connectivity index (χ4n) is 1.82. The molecule has 4 nitrogen and oxygen atoms in total. The van der Waals surface area contributed by atoms with E-state index in [-0.39, 0.29) is 17.7 Å². The molecule has 0 saturated carbocycles. The molecule has 2 rings (SSSR count). The van der Waals surface area contributed by atoms with Crippen molar-refractivity contribution in [3.63, 3.8) is 0 Å². The van der Waals surface area contributed by atoms with Gasteiger partial charge in [-0.25, -0.2) is 0 Å². The summed E-state index contributed by atoms with van der Waals surface area (Å²) < 4.78 is 0.775. The van der Waals surface area contributed by atoms with Gasteiger partial charge in [-0.2, -0.15) is 0 Å². The predicted octanol–water partition coefficient (Wildman–Crippen LogP) is 1.33. The first-order valence-electron chi connectivity index (χ1n) is 5.11. The molecule has 0 aliphatic carbocycles. The van der Waals surface area contributed by atoms with Gasteiger partial charge in [-0.3, -0.25) is 4.79 Å². The number of phenolic OH excluding ortho intramolecular Hbond substituents is 1. The van der Waals surface area contributed by atoms with Crippen LogP contribution in [0.3, 0.4) is 0 Å². The molecule has 1 fully saturated rings. The highest BCUT2D eigenvalue weighted by Gasteiger charge is 2.26. The summed E-state index contributed by atoms with van der Waals surface area (Å²) in [5.74, 6) is -0.152. The van der Waals surface area contributed by atoms with E-state index in [1.807, 2.05) is 0 Å². The number of carbonyl (C=O) groups is 1. The molecule has 0 aromatic heterocycles. The average molecular weight is 285 g/mol. The summed E-state index contributed by atoms with van der Waals surface area (Å²) in [7, 11) is 0. The van der Waals surface area contributed by atoms with Crippen LogP contribution >= 0.6 is 15.9 Å². The molecule has 1 saturated heterocycles. The first kappa shape index (κ1) is 11.4. The molecule has 3 N–H and O–H groups in total. The van der Waals surface area contributed by atoms with Gasteiger partial charge in [0.25, 0.3) is 5.91 Å². The number of carbonyl (C=O) groups excluding carboxylic acids is 1. The van der Waals surface area contributed by atoms with Crippen LogP contribution in [0, 0.1) is 0 Å². The summed E-state index contributed by atoms with van der Waals surface area (Å²) in [4.78, 5) is 13.7. The van der Waals surface area contributed by atoms with Crippen LogP contribution in [0.5, 0.6) is 5.75 Å². The van der Waals surface area contributed by atoms with Gasteiger partial charge >= 0.3 is 0 Å². The van der Waals surface area contributed by atoms with Crippen LogP contribution in [0.2, 0.25) is 0 Å². The Balaban J connectivity index is 2.23. The smallest absolute Gasteiger partial charge is 0.257 e. The maximum absolute atomic E-state index is 12.1. The van der Waals surface area contributed by atoms with Crippen LogP contribution in [0.1, 0.15) is 16.8 Å². The number of nitrogens with two attached hydrogens (primary N) is 1. The second kappa shape index (κ2) is 4.43. The van der Waals surface area contributed by atoms with Gasteiger partial charge in [0.15, 0.2) is 0 Å². The number of hydrogen-bond acceptors (Lipinski definition) is 3. The minimum atomic E-state index is -0.160. The number of likely N-dealkylation sites (tertiary alicyclic amines) is 1.